The van der Waals surface area contributed by atoms with Gasteiger partial charge in [-0.2, -0.15) is 0 Å². The first kappa shape index (κ1) is 19.1. The molecule has 0 unspecified atom stereocenters. The fourth-order valence-electron chi connectivity index (χ4n) is 4.81. The van der Waals surface area contributed by atoms with Crippen molar-refractivity contribution in [2.45, 2.75) is 37.4 Å². The third-order valence-corrected chi connectivity index (χ3v) is 7.73. The fraction of sp³-hybridized carbons (Fsp3) is 0.571. The Hall–Kier alpha value is -1.87. The molecule has 0 aliphatic carbocycles. The lowest BCUT2D eigenvalue weighted by atomic mass is 9.86. The van der Waals surface area contributed by atoms with Crippen molar-refractivity contribution in [3.63, 3.8) is 0 Å². The number of fused-ring (bicyclic) bond motifs is 2. The zero-order chi connectivity index (χ0) is 19.8. The summed E-state index contributed by atoms with van der Waals surface area (Å²) in [7, 11) is 0. The van der Waals surface area contributed by atoms with Crippen LogP contribution in [0.3, 0.4) is 0 Å². The number of carbonyl (C=O) groups excluding carboxylic acids is 1. The zero-order valence-electron chi connectivity index (χ0n) is 16.3. The van der Waals surface area contributed by atoms with Crippen molar-refractivity contribution in [3.8, 4) is 0 Å². The summed E-state index contributed by atoms with van der Waals surface area (Å²) in [5.41, 5.74) is 1.89. The summed E-state index contributed by atoms with van der Waals surface area (Å²) in [5, 5.41) is 13.9. The lowest BCUT2D eigenvalue weighted by Crippen LogP contribution is -2.43. The maximum Gasteiger partial charge on any atom is 0.264 e. The molecule has 1 spiro atoms. The van der Waals surface area contributed by atoms with E-state index in [4.69, 9.17) is 4.74 Å². The van der Waals surface area contributed by atoms with E-state index in [1.165, 1.54) is 10.4 Å². The third kappa shape index (κ3) is 3.59. The average molecular weight is 415 g/mol. The predicted octanol–water partition coefficient (Wildman–Crippen LogP) is 1.37. The number of β-amino-alcohol motifs (C(OH)–C–C–N with tert-alkyl or cyclic N) is 1. The van der Waals surface area contributed by atoms with Gasteiger partial charge in [0, 0.05) is 42.5 Å². The Kier molecular flexibility index (Phi) is 5.11. The van der Waals surface area contributed by atoms with Crippen LogP contribution in [-0.2, 0) is 23.2 Å². The molecule has 2 aromatic heterocycles. The van der Waals surface area contributed by atoms with Crippen LogP contribution in [0.5, 0.6) is 0 Å². The minimum Gasteiger partial charge on any atom is -0.391 e. The van der Waals surface area contributed by atoms with Gasteiger partial charge in [0.25, 0.3) is 5.91 Å². The molecule has 1 amide bonds. The van der Waals surface area contributed by atoms with Crippen LogP contribution in [0, 0.1) is 5.92 Å². The Bertz CT molecular complexity index is 881. The summed E-state index contributed by atoms with van der Waals surface area (Å²) in [6, 6.07) is 2.07. The number of hydrogen-bond acceptors (Lipinski definition) is 7. The Morgan fingerprint density at radius 1 is 1.34 bits per heavy atom. The quantitative estimate of drug-likeness (QED) is 0.789. The molecule has 7 nitrogen and oxygen atoms in total. The third-order valence-electron chi connectivity index (χ3n) is 6.38. The number of rotatable bonds is 3. The smallest absolute Gasteiger partial charge is 0.264 e. The largest absolute Gasteiger partial charge is 0.391 e. The van der Waals surface area contributed by atoms with Crippen LogP contribution < -0.4 is 5.32 Å². The molecule has 0 radical (unpaired) electrons. The van der Waals surface area contributed by atoms with Gasteiger partial charge in [-0.1, -0.05) is 0 Å². The molecule has 0 bridgehead atoms. The summed E-state index contributed by atoms with van der Waals surface area (Å²) in [6.45, 7) is 3.54. The number of ether oxygens (including phenoxy) is 1. The normalized spacial score (nSPS) is 25.9. The van der Waals surface area contributed by atoms with Crippen molar-refractivity contribution in [1.82, 2.24) is 20.2 Å². The van der Waals surface area contributed by atoms with Crippen LogP contribution in [0.2, 0.25) is 0 Å². The van der Waals surface area contributed by atoms with E-state index >= 15 is 0 Å². The number of piperidine rings is 1. The number of thiophene rings is 1. The molecule has 2 atom stereocenters. The van der Waals surface area contributed by atoms with Gasteiger partial charge in [0.15, 0.2) is 0 Å². The molecule has 2 fully saturated rings. The van der Waals surface area contributed by atoms with Crippen LogP contribution in [0.1, 0.15) is 38.6 Å². The number of aliphatic hydroxyl groups is 1. The summed E-state index contributed by atoms with van der Waals surface area (Å²) in [5.74, 6) is 0.0125. The average Bonchev–Trinajstić information content (AvgIpc) is 3.34. The molecule has 8 heteroatoms. The molecule has 5 heterocycles. The molecule has 2 aromatic rings. The molecule has 3 aliphatic heterocycles. The van der Waals surface area contributed by atoms with E-state index in [0.29, 0.717) is 19.5 Å². The maximum absolute atomic E-state index is 13.2. The molecular weight excluding hydrogens is 388 g/mol. The number of nitrogens with one attached hydrogen (secondary N) is 1. The lowest BCUT2D eigenvalue weighted by molar-refractivity contribution is -0.0771. The first-order chi connectivity index (χ1) is 14.1. The number of aromatic nitrogens is 2. The monoisotopic (exact) mass is 414 g/mol. The molecule has 2 N–H and O–H groups in total. The van der Waals surface area contributed by atoms with Gasteiger partial charge in [-0.25, -0.2) is 0 Å². The number of likely N-dealkylation sites (tertiary alicyclic amines) is 1. The predicted molar refractivity (Wildman–Crippen MR) is 109 cm³/mol. The van der Waals surface area contributed by atoms with Gasteiger partial charge in [-0.15, -0.1) is 11.3 Å². The van der Waals surface area contributed by atoms with Gasteiger partial charge in [0.2, 0.25) is 0 Å². The number of carbonyl (C=O) groups is 1. The van der Waals surface area contributed by atoms with Gasteiger partial charge < -0.3 is 20.1 Å². The van der Waals surface area contributed by atoms with Crippen LogP contribution >= 0.6 is 11.3 Å². The van der Waals surface area contributed by atoms with Gasteiger partial charge in [0.05, 0.1) is 23.3 Å². The summed E-state index contributed by atoms with van der Waals surface area (Å²) in [6.07, 6.45) is 7.90. The lowest BCUT2D eigenvalue weighted by Gasteiger charge is -2.40. The highest BCUT2D eigenvalue weighted by molar-refractivity contribution is 7.14. The van der Waals surface area contributed by atoms with Gasteiger partial charge >= 0.3 is 0 Å². The van der Waals surface area contributed by atoms with E-state index in [9.17, 15) is 9.90 Å². The van der Waals surface area contributed by atoms with E-state index in [1.54, 1.807) is 34.8 Å². The molecule has 3 aliphatic rings. The summed E-state index contributed by atoms with van der Waals surface area (Å²) in [4.78, 5) is 25.4. The Morgan fingerprint density at radius 3 is 3.00 bits per heavy atom. The SMILES string of the molecule is O=C(c1cc2c(s1)C1(CCNCC1)OCC2)N1C[C@@H](Cc2cnccn2)[C@H](O)C1. The fourth-order valence-corrected chi connectivity index (χ4v) is 6.19. The summed E-state index contributed by atoms with van der Waals surface area (Å²) >= 11 is 1.59. The van der Waals surface area contributed by atoms with E-state index in [-0.39, 0.29) is 17.4 Å². The van der Waals surface area contributed by atoms with Crippen molar-refractivity contribution in [2.24, 2.45) is 5.92 Å². The van der Waals surface area contributed by atoms with Crippen LogP contribution in [0.4, 0.5) is 0 Å². The van der Waals surface area contributed by atoms with E-state index in [2.05, 4.69) is 21.4 Å². The van der Waals surface area contributed by atoms with Crippen molar-refractivity contribution in [3.05, 3.63) is 45.7 Å². The number of amides is 1. The van der Waals surface area contributed by atoms with E-state index in [1.807, 2.05) is 0 Å². The minimum atomic E-state index is -0.533. The Labute approximate surface area is 174 Å². The number of hydrogen-bond donors (Lipinski definition) is 2. The second-order valence-electron chi connectivity index (χ2n) is 8.25. The minimum absolute atomic E-state index is 0.00988. The van der Waals surface area contributed by atoms with Gasteiger partial charge in [0.1, 0.15) is 5.60 Å². The van der Waals surface area contributed by atoms with Crippen LogP contribution in [0.15, 0.2) is 24.7 Å². The van der Waals surface area contributed by atoms with E-state index in [0.717, 1.165) is 49.5 Å². The molecular formula is C21H26N4O3S. The molecule has 29 heavy (non-hydrogen) atoms. The molecule has 0 aromatic carbocycles. The highest BCUT2D eigenvalue weighted by atomic mass is 32.1. The zero-order valence-corrected chi connectivity index (χ0v) is 17.2. The van der Waals surface area contributed by atoms with Gasteiger partial charge in [-0.3, -0.25) is 14.8 Å². The molecule has 154 valence electrons. The highest BCUT2D eigenvalue weighted by Crippen LogP contribution is 2.44. The second kappa shape index (κ2) is 7.75. The Morgan fingerprint density at radius 2 is 2.21 bits per heavy atom. The van der Waals surface area contributed by atoms with Gasteiger partial charge in [-0.05, 0) is 50.4 Å². The number of aliphatic hydroxyl groups excluding tert-OH is 1. The molecule has 2 saturated heterocycles. The topological polar surface area (TPSA) is 87.6 Å². The van der Waals surface area contributed by atoms with Crippen molar-refractivity contribution >= 4 is 17.2 Å². The maximum atomic E-state index is 13.2. The second-order valence-corrected chi connectivity index (χ2v) is 9.30. The molecule has 0 saturated carbocycles. The highest BCUT2D eigenvalue weighted by Gasteiger charge is 2.42. The standard InChI is InChI=1S/C21H26N4O3S/c26-17-13-25(12-15(17)9-16-11-23-6-7-24-16)20(27)18-10-14-1-8-28-21(19(14)29-18)2-4-22-5-3-21/h6-7,10-11,15,17,22,26H,1-5,8-9,12-13H2/t15-,17-/m1/s1. The first-order valence-electron chi connectivity index (χ1n) is 10.3. The van der Waals surface area contributed by atoms with Crippen LogP contribution in [0.25, 0.3) is 0 Å². The van der Waals surface area contributed by atoms with Crippen molar-refractivity contribution in [1.29, 1.82) is 0 Å². The molecule has 5 rings (SSSR count). The van der Waals surface area contributed by atoms with Crippen molar-refractivity contribution < 1.29 is 14.6 Å². The van der Waals surface area contributed by atoms with E-state index < -0.39 is 6.10 Å². The summed E-state index contributed by atoms with van der Waals surface area (Å²) < 4.78 is 6.24. The Balaban J connectivity index is 1.33. The number of nitrogens with zero attached hydrogens (tertiary/aromatic N) is 3. The van der Waals surface area contributed by atoms with Crippen molar-refractivity contribution in [2.75, 3.05) is 32.8 Å². The van der Waals surface area contributed by atoms with Crippen LogP contribution in [-0.4, -0.2) is 64.8 Å². The first-order valence-corrected chi connectivity index (χ1v) is 11.2.